The number of aliphatic hydroxyl groups is 1. The normalized spacial score (nSPS) is 12.9. The van der Waals surface area contributed by atoms with Crippen molar-refractivity contribution < 1.29 is 42.9 Å². The number of phosphoric acid groups is 1. The first-order valence-corrected chi connectivity index (χ1v) is 15.6. The quantitative estimate of drug-likeness (QED) is 0.0358. The van der Waals surface area contributed by atoms with E-state index in [1.54, 1.807) is 0 Å². The van der Waals surface area contributed by atoms with Gasteiger partial charge in [-0.15, -0.1) is 0 Å². The van der Waals surface area contributed by atoms with Crippen LogP contribution >= 0.6 is 7.82 Å². The van der Waals surface area contributed by atoms with Gasteiger partial charge < -0.3 is 19.2 Å². The fraction of sp³-hybridized carbons (Fsp3) is 1.00. The van der Waals surface area contributed by atoms with Crippen LogP contribution in [-0.4, -0.2) is 62.9 Å². The molecule has 10 heteroatoms. The predicted molar refractivity (Wildman–Crippen MR) is 143 cm³/mol. The van der Waals surface area contributed by atoms with E-state index in [1.807, 2.05) is 13.8 Å². The van der Waals surface area contributed by atoms with E-state index < -0.39 is 7.82 Å². The molecule has 0 bridgehead atoms. The van der Waals surface area contributed by atoms with E-state index >= 15 is 0 Å². The third kappa shape index (κ3) is 27.0. The third-order valence-electron chi connectivity index (χ3n) is 5.97. The smallest absolute Gasteiger partial charge is 0.326 e. The number of nitrogens with zero attached hydrogens (tertiary/aromatic N) is 1. The highest BCUT2D eigenvalue weighted by Crippen LogP contribution is 2.38. The van der Waals surface area contributed by atoms with Crippen molar-refractivity contribution in [3.8, 4) is 0 Å². The topological polar surface area (TPSA) is 107 Å². The van der Waals surface area contributed by atoms with Gasteiger partial charge in [0.25, 0.3) is 0 Å². The number of hydrogen-bond donors (Lipinski definition) is 1. The molecule has 1 unspecified atom stereocenters. The lowest BCUT2D eigenvalue weighted by Gasteiger charge is -2.35. The van der Waals surface area contributed by atoms with Crippen molar-refractivity contribution >= 4 is 7.82 Å². The lowest BCUT2D eigenvalue weighted by molar-refractivity contribution is -0.935. The molecule has 1 N–H and O–H groups in total. The maximum Gasteiger partial charge on any atom is 0.326 e. The van der Waals surface area contributed by atoms with Gasteiger partial charge in [-0.25, -0.2) is 9.78 Å². The zero-order chi connectivity index (χ0) is 27.5. The lowest BCUT2D eigenvalue weighted by Crippen LogP contribution is -2.49. The minimum atomic E-state index is -4.47. The Morgan fingerprint density at radius 1 is 0.722 bits per heavy atom. The molecule has 0 radical (unpaired) electrons. The van der Waals surface area contributed by atoms with E-state index in [9.17, 15) is 9.46 Å². The van der Waals surface area contributed by atoms with E-state index in [0.717, 1.165) is 36.7 Å². The zero-order valence-electron chi connectivity index (χ0n) is 24.2. The Morgan fingerprint density at radius 3 is 1.56 bits per heavy atom. The van der Waals surface area contributed by atoms with Crippen LogP contribution in [0.5, 0.6) is 0 Å². The van der Waals surface area contributed by atoms with E-state index in [-0.39, 0.29) is 26.0 Å². The second-order valence-electron chi connectivity index (χ2n) is 9.83. The molecule has 0 fully saturated rings. The highest BCUT2D eigenvalue weighted by Gasteiger charge is 2.23. The summed E-state index contributed by atoms with van der Waals surface area (Å²) in [5.41, 5.74) is 0. The van der Waals surface area contributed by atoms with Gasteiger partial charge in [-0.1, -0.05) is 85.0 Å². The summed E-state index contributed by atoms with van der Waals surface area (Å²) in [5.74, 6) is 0. The largest absolute Gasteiger partial charge is 0.753 e. The van der Waals surface area contributed by atoms with Crippen molar-refractivity contribution in [3.05, 3.63) is 0 Å². The first-order chi connectivity index (χ1) is 17.2. The molecule has 0 spiro atoms. The SMILES string of the molecule is CCCCCCCCCCCC[N+](C)(C)C(C)OCCO.CCCCOOP(=O)([O-])OOCCCC. The average molecular weight is 544 g/mol. The Kier molecular flexibility index (Phi) is 28.0. The first kappa shape index (κ1) is 38.1. The van der Waals surface area contributed by atoms with Crippen LogP contribution in [0.25, 0.3) is 0 Å². The van der Waals surface area contributed by atoms with Crippen LogP contribution in [0.3, 0.4) is 0 Å². The fourth-order valence-corrected chi connectivity index (χ4v) is 3.67. The monoisotopic (exact) mass is 543 g/mol. The molecule has 0 aliphatic heterocycles. The molecule has 0 amide bonds. The minimum absolute atomic E-state index is 0.114. The second kappa shape index (κ2) is 26.5. The molecule has 0 saturated heterocycles. The summed E-state index contributed by atoms with van der Waals surface area (Å²) in [4.78, 5) is 19.7. The number of rotatable bonds is 25. The minimum Gasteiger partial charge on any atom is -0.753 e. The molecule has 0 aromatic heterocycles. The summed E-state index contributed by atoms with van der Waals surface area (Å²) in [6.45, 7) is 10.4. The van der Waals surface area contributed by atoms with Crippen LogP contribution in [0.15, 0.2) is 0 Å². The average Bonchev–Trinajstić information content (AvgIpc) is 2.84. The predicted octanol–water partition coefficient (Wildman–Crippen LogP) is 6.29. The molecule has 36 heavy (non-hydrogen) atoms. The summed E-state index contributed by atoms with van der Waals surface area (Å²) in [6.07, 6.45) is 17.2. The Balaban J connectivity index is 0. The highest BCUT2D eigenvalue weighted by atomic mass is 31.2. The Labute approximate surface area is 221 Å². The molecule has 1 atom stereocenters. The van der Waals surface area contributed by atoms with Gasteiger partial charge in [0.05, 0.1) is 47.1 Å². The van der Waals surface area contributed by atoms with Crippen LogP contribution in [-0.2, 0) is 28.4 Å². The molecule has 0 aromatic rings. The second-order valence-corrected chi connectivity index (χ2v) is 11.0. The van der Waals surface area contributed by atoms with Gasteiger partial charge in [-0.3, -0.25) is 4.57 Å². The number of aliphatic hydroxyl groups excluding tert-OH is 1. The number of unbranched alkanes of at least 4 members (excludes halogenated alkanes) is 11. The highest BCUT2D eigenvalue weighted by molar-refractivity contribution is 7.45. The molecule has 0 saturated carbocycles. The van der Waals surface area contributed by atoms with Crippen LogP contribution in [0, 0.1) is 0 Å². The van der Waals surface area contributed by atoms with Crippen molar-refractivity contribution in [1.82, 2.24) is 0 Å². The summed E-state index contributed by atoms with van der Waals surface area (Å²) in [6, 6.07) is 0. The van der Waals surface area contributed by atoms with Crippen molar-refractivity contribution in [2.24, 2.45) is 0 Å². The van der Waals surface area contributed by atoms with Crippen molar-refractivity contribution in [3.63, 3.8) is 0 Å². The van der Waals surface area contributed by atoms with Crippen LogP contribution in [0.2, 0.25) is 0 Å². The third-order valence-corrected chi connectivity index (χ3v) is 6.55. The molecule has 0 aliphatic carbocycles. The molecular formula is C26H58NO8P. The van der Waals surface area contributed by atoms with Gasteiger partial charge in [0.2, 0.25) is 0 Å². The van der Waals surface area contributed by atoms with Gasteiger partial charge in [0.1, 0.15) is 0 Å². The van der Waals surface area contributed by atoms with Crippen LogP contribution < -0.4 is 4.89 Å². The maximum absolute atomic E-state index is 10.9. The van der Waals surface area contributed by atoms with Crippen LogP contribution in [0.1, 0.15) is 118 Å². The maximum atomic E-state index is 10.9. The van der Waals surface area contributed by atoms with E-state index in [0.29, 0.717) is 6.61 Å². The van der Waals surface area contributed by atoms with Crippen LogP contribution in [0.4, 0.5) is 0 Å². The molecular weight excluding hydrogens is 485 g/mol. The molecule has 220 valence electrons. The fourth-order valence-electron chi connectivity index (χ4n) is 3.24. The van der Waals surface area contributed by atoms with Gasteiger partial charge in [-0.2, -0.15) is 9.35 Å². The molecule has 0 aliphatic rings. The van der Waals surface area contributed by atoms with E-state index in [1.165, 1.54) is 64.2 Å². The number of ether oxygens (including phenoxy) is 1. The lowest BCUT2D eigenvalue weighted by atomic mass is 10.1. The molecule has 9 nitrogen and oxygen atoms in total. The van der Waals surface area contributed by atoms with Crippen molar-refractivity contribution in [2.45, 2.75) is 124 Å². The molecule has 0 heterocycles. The van der Waals surface area contributed by atoms with Gasteiger partial charge >= 0.3 is 7.82 Å². The van der Waals surface area contributed by atoms with Crippen molar-refractivity contribution in [2.75, 3.05) is 47.1 Å². The van der Waals surface area contributed by atoms with Crippen molar-refractivity contribution in [1.29, 1.82) is 0 Å². The summed E-state index contributed by atoms with van der Waals surface area (Å²) in [5, 5.41) is 8.81. The van der Waals surface area contributed by atoms with Gasteiger partial charge in [-0.05, 0) is 25.7 Å². The Hall–Kier alpha value is -0.0900. The molecule has 0 rings (SSSR count). The Morgan fingerprint density at radius 2 is 1.14 bits per heavy atom. The van der Waals surface area contributed by atoms with Gasteiger partial charge in [0.15, 0.2) is 6.23 Å². The standard InChI is InChI=1S/C18H40NO2.C8H19O6P/c1-5-6-7-8-9-10-11-12-13-14-15-19(3,4)18(2)21-17-16-20;1-3-5-7-11-13-15(9,10)14-12-8-6-4-2/h18,20H,5-17H2,1-4H3;3-8H2,1-2H3,(H,9,10)/q+1;/p-1. The first-order valence-electron chi connectivity index (χ1n) is 14.1. The summed E-state index contributed by atoms with van der Waals surface area (Å²) >= 11 is 0. The van der Waals surface area contributed by atoms with E-state index in [2.05, 4.69) is 47.1 Å². The number of hydrogen-bond acceptors (Lipinski definition) is 8. The van der Waals surface area contributed by atoms with Gasteiger partial charge in [0, 0.05) is 6.92 Å². The molecule has 0 aromatic carbocycles. The number of quaternary nitrogens is 1. The summed E-state index contributed by atoms with van der Waals surface area (Å²) in [7, 11) is -0.0313. The Bertz CT molecular complexity index is 481. The van der Waals surface area contributed by atoms with E-state index in [4.69, 9.17) is 9.84 Å². The summed E-state index contributed by atoms with van der Waals surface area (Å²) < 4.78 is 25.5. The zero-order valence-corrected chi connectivity index (χ0v) is 25.1.